The highest BCUT2D eigenvalue weighted by Crippen LogP contribution is 2.19. The number of carbonyl (C=O) groups excluding carboxylic acids is 1. The molecule has 0 atom stereocenters. The van der Waals surface area contributed by atoms with Crippen LogP contribution in [0.2, 0.25) is 0 Å². The molecular weight excluding hydrogens is 266 g/mol. The lowest BCUT2D eigenvalue weighted by molar-refractivity contribution is 0.102. The number of rotatable bonds is 2. The molecule has 1 amide bonds. The molecule has 0 spiro atoms. The second kappa shape index (κ2) is 4.45. The molecule has 3 heterocycles. The Morgan fingerprint density at radius 2 is 2.24 bits per heavy atom. The van der Waals surface area contributed by atoms with Gasteiger partial charge in [-0.2, -0.15) is 5.10 Å². The SMILES string of the molecule is O=C(Nc1ccc2[nH]ccc2c1)c1cnn2cccnc12. The summed E-state index contributed by atoms with van der Waals surface area (Å²) in [5, 5.41) is 8.03. The number of H-pyrrole nitrogens is 1. The lowest BCUT2D eigenvalue weighted by Crippen LogP contribution is -2.11. The smallest absolute Gasteiger partial charge is 0.261 e. The Bertz CT molecular complexity index is 953. The van der Waals surface area contributed by atoms with E-state index < -0.39 is 0 Å². The molecule has 0 aliphatic heterocycles. The molecule has 6 heteroatoms. The van der Waals surface area contributed by atoms with Gasteiger partial charge in [0.2, 0.25) is 0 Å². The average molecular weight is 277 g/mol. The van der Waals surface area contributed by atoms with E-state index in [1.165, 1.54) is 6.20 Å². The largest absolute Gasteiger partial charge is 0.361 e. The van der Waals surface area contributed by atoms with Gasteiger partial charge in [0, 0.05) is 35.2 Å². The number of nitrogens with one attached hydrogen (secondary N) is 2. The third kappa shape index (κ3) is 1.93. The summed E-state index contributed by atoms with van der Waals surface area (Å²) in [5.74, 6) is -0.224. The number of benzene rings is 1. The first-order chi connectivity index (χ1) is 10.3. The second-order valence-corrected chi connectivity index (χ2v) is 4.68. The minimum Gasteiger partial charge on any atom is -0.361 e. The van der Waals surface area contributed by atoms with Crippen LogP contribution in [0.25, 0.3) is 16.6 Å². The zero-order valence-corrected chi connectivity index (χ0v) is 10.9. The van der Waals surface area contributed by atoms with Crippen LogP contribution in [0.4, 0.5) is 5.69 Å². The predicted molar refractivity (Wildman–Crippen MR) is 79.2 cm³/mol. The molecule has 102 valence electrons. The Kier molecular flexibility index (Phi) is 2.47. The quantitative estimate of drug-likeness (QED) is 0.591. The molecule has 2 N–H and O–H groups in total. The van der Waals surface area contributed by atoms with Crippen molar-refractivity contribution in [3.63, 3.8) is 0 Å². The lowest BCUT2D eigenvalue weighted by atomic mass is 10.2. The van der Waals surface area contributed by atoms with Crippen molar-refractivity contribution in [3.8, 4) is 0 Å². The molecule has 0 saturated heterocycles. The first-order valence-corrected chi connectivity index (χ1v) is 6.48. The van der Waals surface area contributed by atoms with Gasteiger partial charge in [0.25, 0.3) is 5.91 Å². The number of carbonyl (C=O) groups is 1. The second-order valence-electron chi connectivity index (χ2n) is 4.68. The van der Waals surface area contributed by atoms with Gasteiger partial charge < -0.3 is 10.3 Å². The van der Waals surface area contributed by atoms with Gasteiger partial charge in [-0.1, -0.05) is 0 Å². The van der Waals surface area contributed by atoms with E-state index in [1.54, 1.807) is 23.0 Å². The number of aromatic amines is 1. The van der Waals surface area contributed by atoms with E-state index in [2.05, 4.69) is 20.4 Å². The Labute approximate surface area is 119 Å². The van der Waals surface area contributed by atoms with E-state index in [4.69, 9.17) is 0 Å². The molecule has 4 rings (SSSR count). The number of amides is 1. The normalized spacial score (nSPS) is 11.0. The maximum atomic E-state index is 12.4. The maximum Gasteiger partial charge on any atom is 0.261 e. The minimum atomic E-state index is -0.224. The molecule has 0 unspecified atom stereocenters. The average Bonchev–Trinajstić information content (AvgIpc) is 3.13. The molecular formula is C15H11N5O. The highest BCUT2D eigenvalue weighted by Gasteiger charge is 2.13. The van der Waals surface area contributed by atoms with Crippen molar-refractivity contribution in [1.82, 2.24) is 19.6 Å². The van der Waals surface area contributed by atoms with E-state index in [0.29, 0.717) is 11.2 Å². The molecule has 4 aromatic rings. The van der Waals surface area contributed by atoms with Crippen molar-refractivity contribution in [2.24, 2.45) is 0 Å². The Hall–Kier alpha value is -3.15. The Balaban J connectivity index is 1.68. The molecule has 0 radical (unpaired) electrons. The van der Waals surface area contributed by atoms with Crippen LogP contribution in [0.1, 0.15) is 10.4 Å². The van der Waals surface area contributed by atoms with Gasteiger partial charge in [-0.15, -0.1) is 0 Å². The Morgan fingerprint density at radius 1 is 1.29 bits per heavy atom. The zero-order valence-electron chi connectivity index (χ0n) is 10.9. The first-order valence-electron chi connectivity index (χ1n) is 6.48. The number of nitrogens with zero attached hydrogens (tertiary/aromatic N) is 3. The topological polar surface area (TPSA) is 75.1 Å². The van der Waals surface area contributed by atoms with Crippen LogP contribution < -0.4 is 5.32 Å². The van der Waals surface area contributed by atoms with Crippen molar-refractivity contribution in [2.45, 2.75) is 0 Å². The van der Waals surface area contributed by atoms with E-state index in [9.17, 15) is 4.79 Å². The third-order valence-electron chi connectivity index (χ3n) is 3.34. The third-order valence-corrected chi connectivity index (χ3v) is 3.34. The Morgan fingerprint density at radius 3 is 3.19 bits per heavy atom. The molecule has 0 saturated carbocycles. The van der Waals surface area contributed by atoms with Crippen LogP contribution in [0, 0.1) is 0 Å². The summed E-state index contributed by atoms with van der Waals surface area (Å²) in [6, 6.07) is 9.43. The van der Waals surface area contributed by atoms with E-state index >= 15 is 0 Å². The van der Waals surface area contributed by atoms with Crippen LogP contribution in [0.5, 0.6) is 0 Å². The molecule has 21 heavy (non-hydrogen) atoms. The standard InChI is InChI=1S/C15H11N5O/c21-15(12-9-18-20-7-1-5-17-14(12)20)19-11-2-3-13-10(8-11)4-6-16-13/h1-9,16H,(H,19,21). The fraction of sp³-hybridized carbons (Fsp3) is 0. The van der Waals surface area contributed by atoms with Gasteiger partial charge in [-0.05, 0) is 30.3 Å². The van der Waals surface area contributed by atoms with Crippen molar-refractivity contribution in [1.29, 1.82) is 0 Å². The molecule has 3 aromatic heterocycles. The van der Waals surface area contributed by atoms with Gasteiger partial charge >= 0.3 is 0 Å². The van der Waals surface area contributed by atoms with Crippen molar-refractivity contribution < 1.29 is 4.79 Å². The zero-order chi connectivity index (χ0) is 14.2. The van der Waals surface area contributed by atoms with Crippen molar-refractivity contribution >= 4 is 28.1 Å². The number of fused-ring (bicyclic) bond motifs is 2. The molecule has 6 nitrogen and oxygen atoms in total. The summed E-state index contributed by atoms with van der Waals surface area (Å²) in [6.45, 7) is 0. The summed E-state index contributed by atoms with van der Waals surface area (Å²) in [6.07, 6.45) is 6.78. The van der Waals surface area contributed by atoms with E-state index in [0.717, 1.165) is 16.6 Å². The van der Waals surface area contributed by atoms with Crippen LogP contribution in [0.3, 0.4) is 0 Å². The van der Waals surface area contributed by atoms with E-state index in [-0.39, 0.29) is 5.91 Å². The highest BCUT2D eigenvalue weighted by atomic mass is 16.1. The molecule has 0 aliphatic carbocycles. The summed E-state index contributed by atoms with van der Waals surface area (Å²) in [4.78, 5) is 19.6. The summed E-state index contributed by atoms with van der Waals surface area (Å²) >= 11 is 0. The highest BCUT2D eigenvalue weighted by molar-refractivity contribution is 6.08. The fourth-order valence-electron chi connectivity index (χ4n) is 2.32. The first kappa shape index (κ1) is 11.7. The maximum absolute atomic E-state index is 12.4. The van der Waals surface area contributed by atoms with Crippen molar-refractivity contribution in [2.75, 3.05) is 5.32 Å². The lowest BCUT2D eigenvalue weighted by Gasteiger charge is -2.04. The summed E-state index contributed by atoms with van der Waals surface area (Å²) in [5.41, 5.74) is 2.76. The van der Waals surface area contributed by atoms with Gasteiger partial charge in [0.05, 0.1) is 6.20 Å². The summed E-state index contributed by atoms with van der Waals surface area (Å²) in [7, 11) is 0. The summed E-state index contributed by atoms with van der Waals surface area (Å²) < 4.78 is 1.57. The van der Waals surface area contributed by atoms with Gasteiger partial charge in [-0.25, -0.2) is 9.50 Å². The fourth-order valence-corrected chi connectivity index (χ4v) is 2.32. The molecule has 1 aromatic carbocycles. The molecule has 0 bridgehead atoms. The van der Waals surface area contributed by atoms with Gasteiger partial charge in [-0.3, -0.25) is 4.79 Å². The van der Waals surface area contributed by atoms with Crippen LogP contribution in [-0.4, -0.2) is 25.5 Å². The minimum absolute atomic E-state index is 0.224. The number of anilines is 1. The van der Waals surface area contributed by atoms with Crippen LogP contribution >= 0.6 is 0 Å². The number of hydrogen-bond acceptors (Lipinski definition) is 3. The van der Waals surface area contributed by atoms with Crippen LogP contribution in [-0.2, 0) is 0 Å². The van der Waals surface area contributed by atoms with Crippen LogP contribution in [0.15, 0.2) is 55.1 Å². The number of hydrogen-bond donors (Lipinski definition) is 2. The van der Waals surface area contributed by atoms with E-state index in [1.807, 2.05) is 30.5 Å². The van der Waals surface area contributed by atoms with Gasteiger partial charge in [0.15, 0.2) is 5.65 Å². The van der Waals surface area contributed by atoms with Crippen molar-refractivity contribution in [3.05, 3.63) is 60.7 Å². The predicted octanol–water partition coefficient (Wildman–Crippen LogP) is 2.46. The monoisotopic (exact) mass is 277 g/mol. The van der Waals surface area contributed by atoms with Gasteiger partial charge in [0.1, 0.15) is 5.56 Å². The number of aromatic nitrogens is 4. The molecule has 0 aliphatic rings. The molecule has 0 fully saturated rings.